The molecule has 30 heavy (non-hydrogen) atoms. The van der Waals surface area contributed by atoms with Crippen LogP contribution in [-0.4, -0.2) is 42.9 Å². The maximum Gasteiger partial charge on any atom is 0.231 e. The number of para-hydroxylation sites is 2. The van der Waals surface area contributed by atoms with Gasteiger partial charge in [-0.2, -0.15) is 0 Å². The predicted octanol–water partition coefficient (Wildman–Crippen LogP) is 4.62. The molecule has 0 bridgehead atoms. The van der Waals surface area contributed by atoms with Gasteiger partial charge in [0, 0.05) is 30.8 Å². The third kappa shape index (κ3) is 7.64. The molecular weight excluding hydrogens is 374 g/mol. The van der Waals surface area contributed by atoms with E-state index in [2.05, 4.69) is 24.1 Å². The quantitative estimate of drug-likeness (QED) is 0.521. The van der Waals surface area contributed by atoms with Crippen molar-refractivity contribution in [2.75, 3.05) is 31.1 Å². The van der Waals surface area contributed by atoms with Crippen LogP contribution in [0.1, 0.15) is 40.0 Å². The molecule has 0 saturated carbocycles. The molecule has 0 aliphatic heterocycles. The molecule has 0 fully saturated rings. The van der Waals surface area contributed by atoms with Crippen LogP contribution >= 0.6 is 0 Å². The first-order valence-corrected chi connectivity index (χ1v) is 11.0. The Hall–Kier alpha value is -2.66. The van der Waals surface area contributed by atoms with Gasteiger partial charge in [-0.25, -0.2) is 0 Å². The van der Waals surface area contributed by atoms with Crippen molar-refractivity contribution in [1.82, 2.24) is 10.2 Å². The summed E-state index contributed by atoms with van der Waals surface area (Å²) < 4.78 is 0. The van der Waals surface area contributed by atoms with E-state index in [-0.39, 0.29) is 17.7 Å². The van der Waals surface area contributed by atoms with Crippen LogP contribution in [0.3, 0.4) is 0 Å². The second-order valence-electron chi connectivity index (χ2n) is 7.64. The Balaban J connectivity index is 1.88. The molecule has 1 atom stereocenters. The minimum Gasteiger partial charge on any atom is -0.356 e. The molecule has 5 nitrogen and oxygen atoms in total. The van der Waals surface area contributed by atoms with E-state index in [1.165, 1.54) is 0 Å². The van der Waals surface area contributed by atoms with E-state index in [9.17, 15) is 9.59 Å². The Morgan fingerprint density at radius 2 is 1.40 bits per heavy atom. The average Bonchev–Trinajstić information content (AvgIpc) is 2.75. The van der Waals surface area contributed by atoms with Crippen LogP contribution in [-0.2, 0) is 9.59 Å². The van der Waals surface area contributed by atoms with Gasteiger partial charge in [-0.15, -0.1) is 0 Å². The minimum absolute atomic E-state index is 0.00534. The summed E-state index contributed by atoms with van der Waals surface area (Å²) in [4.78, 5) is 29.5. The van der Waals surface area contributed by atoms with Crippen LogP contribution in [0.25, 0.3) is 0 Å². The van der Waals surface area contributed by atoms with Gasteiger partial charge in [-0.05, 0) is 56.2 Å². The van der Waals surface area contributed by atoms with Crippen molar-refractivity contribution in [3.05, 3.63) is 60.7 Å². The number of carbonyl (C=O) groups is 2. The molecule has 0 saturated heterocycles. The first kappa shape index (κ1) is 23.6. The zero-order valence-corrected chi connectivity index (χ0v) is 18.5. The number of carbonyl (C=O) groups excluding carboxylic acids is 2. The van der Waals surface area contributed by atoms with Gasteiger partial charge in [0.25, 0.3) is 0 Å². The number of anilines is 2. The molecular formula is C25H35N3O2. The van der Waals surface area contributed by atoms with E-state index in [1.54, 1.807) is 4.90 Å². The molecule has 0 heterocycles. The van der Waals surface area contributed by atoms with Gasteiger partial charge in [0.2, 0.25) is 11.8 Å². The van der Waals surface area contributed by atoms with Crippen LogP contribution in [0.15, 0.2) is 60.7 Å². The Morgan fingerprint density at radius 3 is 1.90 bits per heavy atom. The van der Waals surface area contributed by atoms with Crippen LogP contribution in [0, 0.1) is 5.92 Å². The van der Waals surface area contributed by atoms with Crippen LogP contribution in [0.4, 0.5) is 11.4 Å². The van der Waals surface area contributed by atoms with Crippen molar-refractivity contribution in [2.24, 2.45) is 5.92 Å². The number of amides is 2. The molecule has 0 aliphatic rings. The lowest BCUT2D eigenvalue weighted by Gasteiger charge is -2.24. The summed E-state index contributed by atoms with van der Waals surface area (Å²) in [5.74, 6) is -0.0229. The van der Waals surface area contributed by atoms with E-state index in [1.807, 2.05) is 67.6 Å². The molecule has 1 N–H and O–H groups in total. The summed E-state index contributed by atoms with van der Waals surface area (Å²) in [6.45, 7) is 9.98. The molecule has 0 aliphatic carbocycles. The highest BCUT2D eigenvalue weighted by atomic mass is 16.2. The number of hydrogen-bond acceptors (Lipinski definition) is 3. The summed E-state index contributed by atoms with van der Waals surface area (Å²) in [6, 6.07) is 19.3. The number of rotatable bonds is 12. The normalized spacial score (nSPS) is 11.9. The van der Waals surface area contributed by atoms with E-state index in [4.69, 9.17) is 0 Å². The summed E-state index contributed by atoms with van der Waals surface area (Å²) in [6.07, 6.45) is 1.61. The molecule has 0 aromatic heterocycles. The van der Waals surface area contributed by atoms with Gasteiger partial charge in [-0.3, -0.25) is 14.5 Å². The molecule has 0 radical (unpaired) electrons. The van der Waals surface area contributed by atoms with Crippen LogP contribution in [0.5, 0.6) is 0 Å². The number of nitrogens with zero attached hydrogens (tertiary/aromatic N) is 2. The zero-order valence-electron chi connectivity index (χ0n) is 18.5. The van der Waals surface area contributed by atoms with Crippen molar-refractivity contribution in [1.29, 1.82) is 0 Å². The third-order valence-corrected chi connectivity index (χ3v) is 5.20. The van der Waals surface area contributed by atoms with E-state index in [0.29, 0.717) is 19.4 Å². The molecule has 2 aromatic rings. The SMILES string of the molecule is CCN(CC)CCCNC(=O)C[C@@H](C)CC(=O)N(c1ccccc1)c1ccccc1. The standard InChI is InChI=1S/C25H35N3O2/c1-4-27(5-2)18-12-17-26-24(29)19-21(3)20-25(30)28(22-13-8-6-9-14-22)23-15-10-7-11-16-23/h6-11,13-16,21H,4-5,12,17-20H2,1-3H3,(H,26,29)/t21-/m1/s1. The second-order valence-corrected chi connectivity index (χ2v) is 7.64. The summed E-state index contributed by atoms with van der Waals surface area (Å²) in [7, 11) is 0. The summed E-state index contributed by atoms with van der Waals surface area (Å²) in [5, 5.41) is 2.99. The van der Waals surface area contributed by atoms with Gasteiger partial charge < -0.3 is 10.2 Å². The van der Waals surface area contributed by atoms with Gasteiger partial charge in [0.1, 0.15) is 0 Å². The molecule has 2 amide bonds. The maximum atomic E-state index is 13.1. The Kier molecular flexibility index (Phi) is 10.1. The van der Waals surface area contributed by atoms with Crippen LogP contribution < -0.4 is 10.2 Å². The summed E-state index contributed by atoms with van der Waals surface area (Å²) in [5.41, 5.74) is 1.67. The van der Waals surface area contributed by atoms with Gasteiger partial charge >= 0.3 is 0 Å². The Morgan fingerprint density at radius 1 is 0.867 bits per heavy atom. The van der Waals surface area contributed by atoms with Gasteiger partial charge in [-0.1, -0.05) is 57.2 Å². The van der Waals surface area contributed by atoms with E-state index >= 15 is 0 Å². The third-order valence-electron chi connectivity index (χ3n) is 5.20. The molecule has 0 spiro atoms. The zero-order chi connectivity index (χ0) is 21.8. The van der Waals surface area contributed by atoms with Gasteiger partial charge in [0.05, 0.1) is 0 Å². The van der Waals surface area contributed by atoms with Gasteiger partial charge in [0.15, 0.2) is 0 Å². The molecule has 2 rings (SSSR count). The lowest BCUT2D eigenvalue weighted by atomic mass is 10.0. The first-order valence-electron chi connectivity index (χ1n) is 11.0. The van der Waals surface area contributed by atoms with Crippen molar-refractivity contribution in [3.63, 3.8) is 0 Å². The van der Waals surface area contributed by atoms with Crippen LogP contribution in [0.2, 0.25) is 0 Å². The summed E-state index contributed by atoms with van der Waals surface area (Å²) >= 11 is 0. The predicted molar refractivity (Wildman–Crippen MR) is 124 cm³/mol. The monoisotopic (exact) mass is 409 g/mol. The van der Waals surface area contributed by atoms with E-state index < -0.39 is 0 Å². The van der Waals surface area contributed by atoms with Crippen molar-refractivity contribution < 1.29 is 9.59 Å². The number of nitrogens with one attached hydrogen (secondary N) is 1. The average molecular weight is 410 g/mol. The smallest absolute Gasteiger partial charge is 0.231 e. The highest BCUT2D eigenvalue weighted by Gasteiger charge is 2.21. The molecule has 2 aromatic carbocycles. The fourth-order valence-electron chi connectivity index (χ4n) is 3.51. The fraction of sp³-hybridized carbons (Fsp3) is 0.440. The first-order chi connectivity index (χ1) is 14.5. The number of benzene rings is 2. The minimum atomic E-state index is -0.0322. The van der Waals surface area contributed by atoms with Crippen molar-refractivity contribution in [3.8, 4) is 0 Å². The van der Waals surface area contributed by atoms with Crippen molar-refractivity contribution in [2.45, 2.75) is 40.0 Å². The topological polar surface area (TPSA) is 52.7 Å². The lowest BCUT2D eigenvalue weighted by molar-refractivity contribution is -0.122. The maximum absolute atomic E-state index is 13.1. The highest BCUT2D eigenvalue weighted by Crippen LogP contribution is 2.27. The fourth-order valence-corrected chi connectivity index (χ4v) is 3.51. The Labute approximate surface area is 181 Å². The second kappa shape index (κ2) is 12.8. The lowest BCUT2D eigenvalue weighted by Crippen LogP contribution is -2.32. The Bertz CT molecular complexity index is 721. The largest absolute Gasteiger partial charge is 0.356 e. The van der Waals surface area contributed by atoms with E-state index in [0.717, 1.165) is 37.4 Å². The molecule has 162 valence electrons. The highest BCUT2D eigenvalue weighted by molar-refractivity contribution is 6.00. The van der Waals surface area contributed by atoms with Crippen molar-refractivity contribution >= 4 is 23.2 Å². The molecule has 0 unspecified atom stereocenters. The number of hydrogen-bond donors (Lipinski definition) is 1. The molecule has 5 heteroatoms.